The molecule has 0 spiro atoms. The summed E-state index contributed by atoms with van der Waals surface area (Å²) >= 11 is 0. The lowest BCUT2D eigenvalue weighted by atomic mass is 10.1. The zero-order chi connectivity index (χ0) is 21.3. The number of hydrogen-bond acceptors (Lipinski definition) is 4. The van der Waals surface area contributed by atoms with Crippen molar-refractivity contribution in [1.82, 2.24) is 10.6 Å². The Morgan fingerprint density at radius 2 is 1.66 bits per heavy atom. The molecule has 0 atom stereocenters. The third-order valence-corrected chi connectivity index (χ3v) is 4.29. The normalized spacial score (nSPS) is 11.9. The van der Waals surface area contributed by atoms with E-state index in [0.29, 0.717) is 19.7 Å². The molecule has 0 aliphatic carbocycles. The van der Waals surface area contributed by atoms with E-state index in [4.69, 9.17) is 14.2 Å². The SMILES string of the molecule is CN=C(NCc1cccc(COC(C)(C)C)c1)NCc1ccc(OC)cc1OC. The van der Waals surface area contributed by atoms with Gasteiger partial charge in [-0.05, 0) is 44.0 Å². The van der Waals surface area contributed by atoms with Crippen LogP contribution in [0, 0.1) is 0 Å². The lowest BCUT2D eigenvalue weighted by molar-refractivity contribution is -0.0149. The molecule has 2 aromatic rings. The highest BCUT2D eigenvalue weighted by molar-refractivity contribution is 5.79. The van der Waals surface area contributed by atoms with E-state index in [1.165, 1.54) is 5.56 Å². The molecule has 0 aliphatic rings. The quantitative estimate of drug-likeness (QED) is 0.521. The van der Waals surface area contributed by atoms with E-state index in [2.05, 4.69) is 60.7 Å². The largest absolute Gasteiger partial charge is 0.497 e. The topological polar surface area (TPSA) is 64.1 Å². The predicted molar refractivity (Wildman–Crippen MR) is 118 cm³/mol. The number of benzene rings is 2. The second-order valence-electron chi connectivity index (χ2n) is 7.68. The van der Waals surface area contributed by atoms with E-state index in [-0.39, 0.29) is 5.60 Å². The van der Waals surface area contributed by atoms with Crippen LogP contribution in [0.15, 0.2) is 47.5 Å². The Labute approximate surface area is 174 Å². The average molecular weight is 400 g/mol. The van der Waals surface area contributed by atoms with Gasteiger partial charge in [-0.3, -0.25) is 4.99 Å². The molecule has 0 saturated carbocycles. The maximum Gasteiger partial charge on any atom is 0.191 e. The second kappa shape index (κ2) is 10.7. The predicted octanol–water partition coefficient (Wildman–Crippen LogP) is 3.88. The van der Waals surface area contributed by atoms with Gasteiger partial charge in [0, 0.05) is 31.8 Å². The van der Waals surface area contributed by atoms with Crippen LogP contribution >= 0.6 is 0 Å². The van der Waals surface area contributed by atoms with Crippen molar-refractivity contribution in [2.75, 3.05) is 21.3 Å². The molecule has 6 nitrogen and oxygen atoms in total. The Morgan fingerprint density at radius 3 is 2.31 bits per heavy atom. The summed E-state index contributed by atoms with van der Waals surface area (Å²) in [4.78, 5) is 4.30. The molecule has 0 aromatic heterocycles. The van der Waals surface area contributed by atoms with Gasteiger partial charge < -0.3 is 24.8 Å². The lowest BCUT2D eigenvalue weighted by Gasteiger charge is -2.20. The van der Waals surface area contributed by atoms with Crippen LogP contribution in [0.4, 0.5) is 0 Å². The molecule has 158 valence electrons. The van der Waals surface area contributed by atoms with Crippen LogP contribution < -0.4 is 20.1 Å². The molecule has 0 saturated heterocycles. The first-order chi connectivity index (χ1) is 13.8. The number of guanidine groups is 1. The number of rotatable bonds is 8. The zero-order valence-corrected chi connectivity index (χ0v) is 18.3. The van der Waals surface area contributed by atoms with Crippen molar-refractivity contribution in [3.05, 3.63) is 59.2 Å². The van der Waals surface area contributed by atoms with Gasteiger partial charge in [0.15, 0.2) is 5.96 Å². The molecule has 0 unspecified atom stereocenters. The zero-order valence-electron chi connectivity index (χ0n) is 18.3. The third kappa shape index (κ3) is 7.66. The minimum absolute atomic E-state index is 0.150. The van der Waals surface area contributed by atoms with Gasteiger partial charge >= 0.3 is 0 Å². The number of ether oxygens (including phenoxy) is 3. The van der Waals surface area contributed by atoms with E-state index >= 15 is 0 Å². The van der Waals surface area contributed by atoms with Crippen molar-refractivity contribution >= 4 is 5.96 Å². The van der Waals surface area contributed by atoms with Gasteiger partial charge in [-0.15, -0.1) is 0 Å². The first kappa shape index (κ1) is 22.6. The number of nitrogens with zero attached hydrogens (tertiary/aromatic N) is 1. The fourth-order valence-corrected chi connectivity index (χ4v) is 2.71. The minimum Gasteiger partial charge on any atom is -0.497 e. The van der Waals surface area contributed by atoms with Crippen LogP contribution in [0.25, 0.3) is 0 Å². The maximum atomic E-state index is 5.87. The molecule has 0 fully saturated rings. The van der Waals surface area contributed by atoms with Crippen molar-refractivity contribution < 1.29 is 14.2 Å². The summed E-state index contributed by atoms with van der Waals surface area (Å²) in [5, 5.41) is 6.67. The van der Waals surface area contributed by atoms with Crippen LogP contribution in [-0.2, 0) is 24.4 Å². The van der Waals surface area contributed by atoms with Gasteiger partial charge in [-0.1, -0.05) is 24.3 Å². The van der Waals surface area contributed by atoms with Crippen LogP contribution in [0.5, 0.6) is 11.5 Å². The van der Waals surface area contributed by atoms with Crippen molar-refractivity contribution in [3.63, 3.8) is 0 Å². The standard InChI is InChI=1S/C23H33N3O3/c1-23(2,3)29-16-18-9-7-8-17(12-18)14-25-22(24-4)26-15-19-10-11-20(27-5)13-21(19)28-6/h7-13H,14-16H2,1-6H3,(H2,24,25,26). The van der Waals surface area contributed by atoms with E-state index in [1.54, 1.807) is 21.3 Å². The molecule has 0 bridgehead atoms. The Morgan fingerprint density at radius 1 is 0.931 bits per heavy atom. The van der Waals surface area contributed by atoms with Gasteiger partial charge in [-0.2, -0.15) is 0 Å². The number of nitrogens with one attached hydrogen (secondary N) is 2. The molecule has 0 aliphatic heterocycles. The monoisotopic (exact) mass is 399 g/mol. The molecule has 0 amide bonds. The van der Waals surface area contributed by atoms with Crippen molar-refractivity contribution in [1.29, 1.82) is 0 Å². The lowest BCUT2D eigenvalue weighted by Crippen LogP contribution is -2.36. The first-order valence-corrected chi connectivity index (χ1v) is 9.72. The van der Waals surface area contributed by atoms with E-state index in [1.807, 2.05) is 18.2 Å². The van der Waals surface area contributed by atoms with Crippen LogP contribution in [-0.4, -0.2) is 32.8 Å². The summed E-state index contributed by atoms with van der Waals surface area (Å²) in [6.07, 6.45) is 0. The summed E-state index contributed by atoms with van der Waals surface area (Å²) in [6.45, 7) is 8.04. The van der Waals surface area contributed by atoms with Crippen LogP contribution in [0.1, 0.15) is 37.5 Å². The van der Waals surface area contributed by atoms with E-state index in [0.717, 1.165) is 28.6 Å². The summed E-state index contributed by atoms with van der Waals surface area (Å²) in [7, 11) is 5.05. The van der Waals surface area contributed by atoms with Gasteiger partial charge in [0.25, 0.3) is 0 Å². The number of aliphatic imine (C=N–C) groups is 1. The summed E-state index contributed by atoms with van der Waals surface area (Å²) in [5.41, 5.74) is 3.20. The van der Waals surface area contributed by atoms with Crippen LogP contribution in [0.3, 0.4) is 0 Å². The summed E-state index contributed by atoms with van der Waals surface area (Å²) in [6, 6.07) is 14.1. The molecule has 2 aromatic carbocycles. The van der Waals surface area contributed by atoms with Gasteiger partial charge in [0.05, 0.1) is 26.4 Å². The van der Waals surface area contributed by atoms with Crippen molar-refractivity contribution in [2.45, 2.75) is 46.1 Å². The third-order valence-electron chi connectivity index (χ3n) is 4.29. The minimum atomic E-state index is -0.150. The molecule has 6 heteroatoms. The second-order valence-corrected chi connectivity index (χ2v) is 7.68. The number of methoxy groups -OCH3 is 2. The molecule has 0 heterocycles. The van der Waals surface area contributed by atoms with Gasteiger partial charge in [0.1, 0.15) is 11.5 Å². The van der Waals surface area contributed by atoms with Crippen molar-refractivity contribution in [3.8, 4) is 11.5 Å². The van der Waals surface area contributed by atoms with Gasteiger partial charge in [-0.25, -0.2) is 0 Å². The Balaban J connectivity index is 1.91. The van der Waals surface area contributed by atoms with Crippen LogP contribution in [0.2, 0.25) is 0 Å². The molecule has 0 radical (unpaired) electrons. The highest BCUT2D eigenvalue weighted by Gasteiger charge is 2.10. The van der Waals surface area contributed by atoms with Gasteiger partial charge in [0.2, 0.25) is 0 Å². The highest BCUT2D eigenvalue weighted by Crippen LogP contribution is 2.24. The molecule has 29 heavy (non-hydrogen) atoms. The maximum absolute atomic E-state index is 5.87. The molecule has 2 N–H and O–H groups in total. The van der Waals surface area contributed by atoms with Crippen molar-refractivity contribution in [2.24, 2.45) is 4.99 Å². The Bertz CT molecular complexity index is 813. The first-order valence-electron chi connectivity index (χ1n) is 9.72. The van der Waals surface area contributed by atoms with E-state index in [9.17, 15) is 0 Å². The molecular formula is C23H33N3O3. The molecular weight excluding hydrogens is 366 g/mol. The smallest absolute Gasteiger partial charge is 0.191 e. The fraction of sp³-hybridized carbons (Fsp3) is 0.435. The average Bonchev–Trinajstić information content (AvgIpc) is 2.72. The Kier molecular flexibility index (Phi) is 8.34. The fourth-order valence-electron chi connectivity index (χ4n) is 2.71. The highest BCUT2D eigenvalue weighted by atomic mass is 16.5. The van der Waals surface area contributed by atoms with E-state index < -0.39 is 0 Å². The molecule has 2 rings (SSSR count). The summed E-state index contributed by atoms with van der Waals surface area (Å²) in [5.74, 6) is 2.27. The Hall–Kier alpha value is -2.73. The number of hydrogen-bond donors (Lipinski definition) is 2. The summed E-state index contributed by atoms with van der Waals surface area (Å²) < 4.78 is 16.6.